The van der Waals surface area contributed by atoms with Crippen LogP contribution in [0.25, 0.3) is 10.2 Å². The third-order valence-electron chi connectivity index (χ3n) is 4.92. The Bertz CT molecular complexity index is 1250. The first-order valence-electron chi connectivity index (χ1n) is 11.2. The Morgan fingerprint density at radius 3 is 2.50 bits per heavy atom. The lowest BCUT2D eigenvalue weighted by atomic mass is 10.0. The van der Waals surface area contributed by atoms with E-state index in [4.69, 9.17) is 9.47 Å². The number of hydrogen-bond acceptors (Lipinski definition) is 7. The number of aryl methyl sites for hydroxylation is 1. The molecule has 3 rings (SSSR count). The summed E-state index contributed by atoms with van der Waals surface area (Å²) in [5.74, 6) is 0.666. The van der Waals surface area contributed by atoms with Crippen LogP contribution in [0.2, 0.25) is 0 Å². The Morgan fingerprint density at radius 1 is 1.09 bits per heavy atom. The molecule has 10 heteroatoms. The van der Waals surface area contributed by atoms with Crippen LogP contribution in [0.5, 0.6) is 11.5 Å². The van der Waals surface area contributed by atoms with E-state index >= 15 is 0 Å². The van der Waals surface area contributed by atoms with Crippen LogP contribution in [0, 0.1) is 12.8 Å². The maximum absolute atomic E-state index is 13.3. The molecule has 1 heterocycles. The van der Waals surface area contributed by atoms with Gasteiger partial charge in [0.15, 0.2) is 0 Å². The van der Waals surface area contributed by atoms with Gasteiger partial charge < -0.3 is 14.8 Å². The number of rotatable bonds is 11. The number of aromatic nitrogens is 1. The summed E-state index contributed by atoms with van der Waals surface area (Å²) in [5.41, 5.74) is 1.17. The Kier molecular flexibility index (Phi) is 8.51. The lowest BCUT2D eigenvalue weighted by molar-refractivity contribution is -0.118. The molecule has 1 unspecified atom stereocenters. The normalized spacial score (nSPS) is 12.6. The Morgan fingerprint density at radius 2 is 1.82 bits per heavy atom. The average molecular weight is 506 g/mol. The smallest absolute Gasteiger partial charge is 0.242 e. The number of ether oxygens (including phenoxy) is 2. The number of carbonyl (C=O) groups excluding carboxylic acids is 1. The van der Waals surface area contributed by atoms with Crippen molar-refractivity contribution in [2.75, 3.05) is 18.5 Å². The average Bonchev–Trinajstić information content (AvgIpc) is 3.14. The minimum atomic E-state index is -3.95. The van der Waals surface area contributed by atoms with Crippen LogP contribution >= 0.6 is 11.3 Å². The van der Waals surface area contributed by atoms with Crippen molar-refractivity contribution in [3.05, 3.63) is 41.4 Å². The molecule has 0 fully saturated rings. The zero-order chi connectivity index (χ0) is 24.9. The van der Waals surface area contributed by atoms with Gasteiger partial charge in [0.05, 0.1) is 39.0 Å². The minimum absolute atomic E-state index is 0.0752. The summed E-state index contributed by atoms with van der Waals surface area (Å²) in [6.45, 7) is 10.3. The number of carbonyl (C=O) groups is 1. The van der Waals surface area contributed by atoms with Crippen LogP contribution in [-0.4, -0.2) is 38.6 Å². The Hall–Kier alpha value is -2.69. The maximum Gasteiger partial charge on any atom is 0.242 e. The number of hydrogen-bond donors (Lipinski definition) is 2. The number of sulfonamides is 1. The van der Waals surface area contributed by atoms with Crippen LogP contribution in [0.4, 0.5) is 5.69 Å². The van der Waals surface area contributed by atoms with E-state index in [2.05, 4.69) is 15.0 Å². The van der Waals surface area contributed by atoms with Crippen molar-refractivity contribution in [3.63, 3.8) is 0 Å². The quantitative estimate of drug-likeness (QED) is 0.390. The fourth-order valence-electron chi connectivity index (χ4n) is 3.49. The van der Waals surface area contributed by atoms with Gasteiger partial charge in [-0.3, -0.25) is 4.79 Å². The molecular formula is C24H31N3O5S2. The predicted molar refractivity (Wildman–Crippen MR) is 135 cm³/mol. The number of nitrogens with zero attached hydrogens (tertiary/aromatic N) is 1. The zero-order valence-electron chi connectivity index (χ0n) is 20.0. The van der Waals surface area contributed by atoms with E-state index in [1.54, 1.807) is 30.3 Å². The van der Waals surface area contributed by atoms with Gasteiger partial charge in [-0.05, 0) is 63.4 Å². The highest BCUT2D eigenvalue weighted by atomic mass is 32.2. The third-order valence-corrected chi connectivity index (χ3v) is 7.32. The minimum Gasteiger partial charge on any atom is -0.494 e. The van der Waals surface area contributed by atoms with Gasteiger partial charge in [-0.25, -0.2) is 13.4 Å². The molecule has 0 bridgehead atoms. The SMILES string of the molecule is CCOc1ccc(OCC)c(NC(=O)C(CC(C)C)NS(=O)(=O)c2ccc3nc(C)sc3c2)c1. The molecule has 3 aromatic rings. The summed E-state index contributed by atoms with van der Waals surface area (Å²) in [6, 6.07) is 8.95. The van der Waals surface area contributed by atoms with Gasteiger partial charge in [0.1, 0.15) is 17.5 Å². The molecule has 0 spiro atoms. The summed E-state index contributed by atoms with van der Waals surface area (Å²) in [6.07, 6.45) is 0.322. The molecule has 0 aliphatic carbocycles. The first-order chi connectivity index (χ1) is 16.1. The van der Waals surface area contributed by atoms with Crippen molar-refractivity contribution >= 4 is 43.2 Å². The van der Waals surface area contributed by atoms with Crippen molar-refractivity contribution in [3.8, 4) is 11.5 Å². The molecule has 0 radical (unpaired) electrons. The maximum atomic E-state index is 13.3. The van der Waals surface area contributed by atoms with E-state index in [0.29, 0.717) is 36.8 Å². The molecule has 0 aliphatic rings. The predicted octanol–water partition coefficient (Wildman–Crippen LogP) is 4.73. The second-order valence-electron chi connectivity index (χ2n) is 8.18. The highest BCUT2D eigenvalue weighted by Crippen LogP contribution is 2.30. The van der Waals surface area contributed by atoms with Crippen LogP contribution in [0.1, 0.15) is 39.1 Å². The van der Waals surface area contributed by atoms with Gasteiger partial charge in [0, 0.05) is 6.07 Å². The molecule has 1 amide bonds. The number of benzene rings is 2. The Balaban J connectivity index is 1.87. The summed E-state index contributed by atoms with van der Waals surface area (Å²) in [5, 5.41) is 3.68. The van der Waals surface area contributed by atoms with E-state index < -0.39 is 22.0 Å². The van der Waals surface area contributed by atoms with Crippen LogP contribution in [-0.2, 0) is 14.8 Å². The molecule has 0 aliphatic heterocycles. The molecule has 0 saturated carbocycles. The van der Waals surface area contributed by atoms with Gasteiger partial charge in [-0.2, -0.15) is 4.72 Å². The molecule has 8 nitrogen and oxygen atoms in total. The van der Waals surface area contributed by atoms with Crippen molar-refractivity contribution in [2.45, 2.75) is 52.0 Å². The second kappa shape index (κ2) is 11.2. The lowest BCUT2D eigenvalue weighted by Crippen LogP contribution is -2.44. The molecule has 2 N–H and O–H groups in total. The number of anilines is 1. The van der Waals surface area contributed by atoms with Gasteiger partial charge >= 0.3 is 0 Å². The van der Waals surface area contributed by atoms with E-state index in [9.17, 15) is 13.2 Å². The third kappa shape index (κ3) is 6.46. The van der Waals surface area contributed by atoms with Gasteiger partial charge in [-0.15, -0.1) is 11.3 Å². The molecular weight excluding hydrogens is 474 g/mol. The molecule has 2 aromatic carbocycles. The molecule has 1 atom stereocenters. The Labute approximate surface area is 204 Å². The van der Waals surface area contributed by atoms with Crippen LogP contribution < -0.4 is 19.5 Å². The number of nitrogens with one attached hydrogen (secondary N) is 2. The summed E-state index contributed by atoms with van der Waals surface area (Å²) in [4.78, 5) is 17.7. The second-order valence-corrected chi connectivity index (χ2v) is 11.1. The fourth-order valence-corrected chi connectivity index (χ4v) is 5.66. The van der Waals surface area contributed by atoms with E-state index in [0.717, 1.165) is 15.2 Å². The number of thiazole rings is 1. The van der Waals surface area contributed by atoms with Crippen molar-refractivity contribution in [2.24, 2.45) is 5.92 Å². The zero-order valence-corrected chi connectivity index (χ0v) is 21.7. The molecule has 34 heavy (non-hydrogen) atoms. The van der Waals surface area contributed by atoms with E-state index in [1.165, 1.54) is 17.4 Å². The number of fused-ring (bicyclic) bond motifs is 1. The van der Waals surface area contributed by atoms with E-state index in [1.807, 2.05) is 34.6 Å². The highest BCUT2D eigenvalue weighted by Gasteiger charge is 2.28. The summed E-state index contributed by atoms with van der Waals surface area (Å²) >= 11 is 1.42. The van der Waals surface area contributed by atoms with Crippen molar-refractivity contribution in [1.82, 2.24) is 9.71 Å². The first-order valence-corrected chi connectivity index (χ1v) is 13.5. The van der Waals surface area contributed by atoms with Gasteiger partial charge in [-0.1, -0.05) is 13.8 Å². The van der Waals surface area contributed by atoms with Crippen molar-refractivity contribution in [1.29, 1.82) is 0 Å². The van der Waals surface area contributed by atoms with E-state index in [-0.39, 0.29) is 10.8 Å². The topological polar surface area (TPSA) is 107 Å². The first kappa shape index (κ1) is 25.9. The fraction of sp³-hybridized carbons (Fsp3) is 0.417. The molecule has 1 aromatic heterocycles. The van der Waals surface area contributed by atoms with Crippen LogP contribution in [0.15, 0.2) is 41.3 Å². The standard InChI is InChI=1S/C24H31N3O5S2/c1-6-31-17-8-11-22(32-7-2)20(13-17)26-24(28)21(12-15(3)4)27-34(29,30)18-9-10-19-23(14-18)33-16(5)25-19/h8-11,13-15,21,27H,6-7,12H2,1-5H3,(H,26,28). The van der Waals surface area contributed by atoms with Crippen LogP contribution in [0.3, 0.4) is 0 Å². The van der Waals surface area contributed by atoms with Gasteiger partial charge in [0.2, 0.25) is 15.9 Å². The molecule has 184 valence electrons. The largest absolute Gasteiger partial charge is 0.494 e. The monoisotopic (exact) mass is 505 g/mol. The summed E-state index contributed by atoms with van der Waals surface area (Å²) < 4.78 is 40.9. The lowest BCUT2D eigenvalue weighted by Gasteiger charge is -2.21. The van der Waals surface area contributed by atoms with Crippen molar-refractivity contribution < 1.29 is 22.7 Å². The molecule has 0 saturated heterocycles. The highest BCUT2D eigenvalue weighted by molar-refractivity contribution is 7.89. The number of amides is 1. The summed E-state index contributed by atoms with van der Waals surface area (Å²) in [7, 11) is -3.95. The van der Waals surface area contributed by atoms with Gasteiger partial charge in [0.25, 0.3) is 0 Å².